The maximum Gasteiger partial charge on any atom is 0.260 e. The lowest BCUT2D eigenvalue weighted by molar-refractivity contribution is -0.134. The summed E-state index contributed by atoms with van der Waals surface area (Å²) in [6.45, 7) is 5.10. The Balaban J connectivity index is 1.47. The van der Waals surface area contributed by atoms with Crippen molar-refractivity contribution in [3.8, 4) is 17.2 Å². The van der Waals surface area contributed by atoms with E-state index >= 15 is 0 Å². The number of hydrogen-bond acceptors (Lipinski definition) is 5. The summed E-state index contributed by atoms with van der Waals surface area (Å²) in [7, 11) is 3.22. The van der Waals surface area contributed by atoms with E-state index in [4.69, 9.17) is 14.2 Å². The van der Waals surface area contributed by atoms with Crippen LogP contribution in [0.25, 0.3) is 0 Å². The molecule has 1 aliphatic heterocycles. The summed E-state index contributed by atoms with van der Waals surface area (Å²) in [5.74, 6) is 2.07. The molecular formula is C24H27NO5. The van der Waals surface area contributed by atoms with Gasteiger partial charge in [-0.05, 0) is 59.7 Å². The van der Waals surface area contributed by atoms with Gasteiger partial charge in [-0.3, -0.25) is 9.59 Å². The van der Waals surface area contributed by atoms with Crippen molar-refractivity contribution in [2.24, 2.45) is 0 Å². The van der Waals surface area contributed by atoms with Crippen LogP contribution in [0.3, 0.4) is 0 Å². The van der Waals surface area contributed by atoms with Crippen LogP contribution in [0.1, 0.15) is 51.9 Å². The Kier molecular flexibility index (Phi) is 5.41. The second-order valence-electron chi connectivity index (χ2n) is 8.03. The highest BCUT2D eigenvalue weighted by atomic mass is 16.5. The highest BCUT2D eigenvalue weighted by Crippen LogP contribution is 2.40. The van der Waals surface area contributed by atoms with Crippen LogP contribution in [-0.4, -0.2) is 44.0 Å². The fraction of sp³-hybridized carbons (Fsp3) is 0.417. The zero-order valence-corrected chi connectivity index (χ0v) is 17.9. The van der Waals surface area contributed by atoms with Crippen LogP contribution < -0.4 is 14.2 Å². The van der Waals surface area contributed by atoms with Crippen molar-refractivity contribution >= 4 is 11.7 Å². The summed E-state index contributed by atoms with van der Waals surface area (Å²) in [5, 5.41) is 0. The molecular weight excluding hydrogens is 382 g/mol. The third-order valence-corrected chi connectivity index (χ3v) is 6.11. The van der Waals surface area contributed by atoms with Gasteiger partial charge >= 0.3 is 0 Å². The van der Waals surface area contributed by atoms with Crippen molar-refractivity contribution in [1.29, 1.82) is 0 Å². The van der Waals surface area contributed by atoms with Crippen LogP contribution in [0.15, 0.2) is 24.3 Å². The lowest BCUT2D eigenvalue weighted by atomic mass is 9.97. The first-order chi connectivity index (χ1) is 14.4. The van der Waals surface area contributed by atoms with Gasteiger partial charge in [0.1, 0.15) is 5.75 Å². The van der Waals surface area contributed by atoms with Crippen molar-refractivity contribution in [3.05, 3.63) is 52.1 Å². The number of ketones is 1. The van der Waals surface area contributed by atoms with Crippen LogP contribution >= 0.6 is 0 Å². The van der Waals surface area contributed by atoms with Gasteiger partial charge in [0.05, 0.1) is 19.8 Å². The van der Waals surface area contributed by atoms with E-state index < -0.39 is 0 Å². The van der Waals surface area contributed by atoms with Crippen molar-refractivity contribution in [2.75, 3.05) is 27.4 Å². The third-order valence-electron chi connectivity index (χ3n) is 6.11. The van der Waals surface area contributed by atoms with Gasteiger partial charge in [0.15, 0.2) is 23.9 Å². The maximum atomic E-state index is 12.8. The van der Waals surface area contributed by atoms with E-state index in [2.05, 4.69) is 6.92 Å². The number of hydrogen-bond donors (Lipinski definition) is 0. The second kappa shape index (κ2) is 8.01. The molecule has 0 spiro atoms. The van der Waals surface area contributed by atoms with E-state index in [0.29, 0.717) is 42.3 Å². The smallest absolute Gasteiger partial charge is 0.260 e. The number of carbonyl (C=O) groups is 2. The Morgan fingerprint density at radius 1 is 1.10 bits per heavy atom. The number of ether oxygens (including phenoxy) is 3. The van der Waals surface area contributed by atoms with Crippen LogP contribution in [-0.2, 0) is 17.8 Å². The number of benzene rings is 2. The van der Waals surface area contributed by atoms with Gasteiger partial charge in [-0.25, -0.2) is 0 Å². The lowest BCUT2D eigenvalue weighted by Crippen LogP contribution is -2.39. The molecule has 2 aromatic carbocycles. The molecule has 6 nitrogen and oxygen atoms in total. The minimum atomic E-state index is -0.0942. The van der Waals surface area contributed by atoms with Gasteiger partial charge in [0, 0.05) is 19.5 Å². The van der Waals surface area contributed by atoms with Crippen LogP contribution in [0.4, 0.5) is 0 Å². The van der Waals surface area contributed by atoms with Gasteiger partial charge in [-0.2, -0.15) is 0 Å². The van der Waals surface area contributed by atoms with E-state index in [0.717, 1.165) is 28.7 Å². The summed E-state index contributed by atoms with van der Waals surface area (Å²) in [6, 6.07) is 7.68. The summed E-state index contributed by atoms with van der Waals surface area (Å²) < 4.78 is 16.6. The summed E-state index contributed by atoms with van der Waals surface area (Å²) in [4.78, 5) is 27.1. The molecule has 1 unspecified atom stereocenters. The lowest BCUT2D eigenvalue weighted by Gasteiger charge is -2.29. The Morgan fingerprint density at radius 2 is 1.80 bits per heavy atom. The normalized spacial score (nSPS) is 17.4. The first kappa shape index (κ1) is 20.3. The molecule has 0 fully saturated rings. The van der Waals surface area contributed by atoms with Crippen molar-refractivity contribution in [2.45, 2.75) is 39.2 Å². The number of carbonyl (C=O) groups excluding carboxylic acids is 2. The van der Waals surface area contributed by atoms with Crippen LogP contribution in [0.2, 0.25) is 0 Å². The summed E-state index contributed by atoms with van der Waals surface area (Å²) in [6.07, 6.45) is 1.25. The molecule has 0 aromatic heterocycles. The molecule has 0 saturated heterocycles. The molecule has 1 atom stereocenters. The zero-order valence-electron chi connectivity index (χ0n) is 17.9. The van der Waals surface area contributed by atoms with Crippen molar-refractivity contribution < 1.29 is 23.8 Å². The largest absolute Gasteiger partial charge is 0.493 e. The predicted molar refractivity (Wildman–Crippen MR) is 113 cm³/mol. The van der Waals surface area contributed by atoms with E-state index in [1.807, 2.05) is 25.1 Å². The molecule has 158 valence electrons. The van der Waals surface area contributed by atoms with E-state index in [9.17, 15) is 9.59 Å². The van der Waals surface area contributed by atoms with Gasteiger partial charge in [0.2, 0.25) is 0 Å². The minimum Gasteiger partial charge on any atom is -0.493 e. The summed E-state index contributed by atoms with van der Waals surface area (Å²) in [5.41, 5.74) is 5.01. The van der Waals surface area contributed by atoms with Gasteiger partial charge in [0.25, 0.3) is 5.91 Å². The van der Waals surface area contributed by atoms with Gasteiger partial charge in [-0.15, -0.1) is 0 Å². The number of aryl methyl sites for hydroxylation is 1. The van der Waals surface area contributed by atoms with Crippen molar-refractivity contribution in [3.63, 3.8) is 0 Å². The Labute approximate surface area is 176 Å². The molecule has 2 aromatic rings. The van der Waals surface area contributed by atoms with Crippen LogP contribution in [0, 0.1) is 6.92 Å². The first-order valence-corrected chi connectivity index (χ1v) is 10.2. The molecule has 6 heteroatoms. The Bertz CT molecular complexity index is 1010. The number of amides is 1. The van der Waals surface area contributed by atoms with E-state index in [1.165, 1.54) is 0 Å². The SMILES string of the molecule is COc1cc2c(cc1OC)CN(C(=O)COc1ccc(C)c3c1C(=O)CC3C)CC2. The van der Waals surface area contributed by atoms with Gasteiger partial charge in [-0.1, -0.05) is 13.0 Å². The number of Topliss-reactive ketones (excluding diaryl/α,β-unsaturated/α-hetero) is 1. The summed E-state index contributed by atoms with van der Waals surface area (Å²) >= 11 is 0. The fourth-order valence-electron chi connectivity index (χ4n) is 4.56. The number of fused-ring (bicyclic) bond motifs is 2. The molecule has 0 saturated carbocycles. The topological polar surface area (TPSA) is 65.1 Å². The molecule has 0 radical (unpaired) electrons. The fourth-order valence-corrected chi connectivity index (χ4v) is 4.56. The molecule has 1 aliphatic carbocycles. The maximum absolute atomic E-state index is 12.8. The standard InChI is InChI=1S/C24H27NO5/c1-14-5-6-19(24-18(26)9-15(2)23(14)24)30-13-22(27)25-8-7-16-10-20(28-3)21(29-4)11-17(16)12-25/h5-6,10-11,15H,7-9,12-13H2,1-4H3. The molecule has 1 heterocycles. The Morgan fingerprint density at radius 3 is 2.50 bits per heavy atom. The minimum absolute atomic E-state index is 0.0835. The number of rotatable bonds is 5. The quantitative estimate of drug-likeness (QED) is 0.754. The highest BCUT2D eigenvalue weighted by Gasteiger charge is 2.31. The Hall–Kier alpha value is -3.02. The molecule has 0 N–H and O–H groups in total. The monoisotopic (exact) mass is 409 g/mol. The first-order valence-electron chi connectivity index (χ1n) is 10.2. The second-order valence-corrected chi connectivity index (χ2v) is 8.03. The highest BCUT2D eigenvalue weighted by molar-refractivity contribution is 6.04. The van der Waals surface area contributed by atoms with Crippen LogP contribution in [0.5, 0.6) is 17.2 Å². The van der Waals surface area contributed by atoms with Crippen molar-refractivity contribution in [1.82, 2.24) is 4.90 Å². The average Bonchev–Trinajstić information content (AvgIpc) is 3.06. The number of methoxy groups -OCH3 is 2. The van der Waals surface area contributed by atoms with E-state index in [-0.39, 0.29) is 24.2 Å². The molecule has 0 bridgehead atoms. The molecule has 1 amide bonds. The average molecular weight is 409 g/mol. The molecule has 2 aliphatic rings. The van der Waals surface area contributed by atoms with E-state index in [1.54, 1.807) is 25.2 Å². The molecule has 4 rings (SSSR count). The molecule has 30 heavy (non-hydrogen) atoms. The van der Waals surface area contributed by atoms with Gasteiger partial charge < -0.3 is 19.1 Å². The predicted octanol–water partition coefficient (Wildman–Crippen LogP) is 3.67. The third kappa shape index (κ3) is 3.51. The number of nitrogens with zero attached hydrogens (tertiary/aromatic N) is 1. The zero-order chi connectivity index (χ0) is 21.4.